The zero-order valence-corrected chi connectivity index (χ0v) is 17.1. The molecular weight excluding hydrogens is 402 g/mol. The molecule has 0 spiro atoms. The first-order valence-electron chi connectivity index (χ1n) is 9.90. The lowest BCUT2D eigenvalue weighted by atomic mass is 9.93. The number of nitrogens with one attached hydrogen (secondary N) is 1. The second kappa shape index (κ2) is 7.25. The van der Waals surface area contributed by atoms with Crippen molar-refractivity contribution in [3.8, 4) is 0 Å². The van der Waals surface area contributed by atoms with E-state index in [2.05, 4.69) is 39.7 Å². The van der Waals surface area contributed by atoms with Crippen LogP contribution in [0, 0.1) is 6.92 Å². The van der Waals surface area contributed by atoms with Crippen LogP contribution in [-0.2, 0) is 9.59 Å². The summed E-state index contributed by atoms with van der Waals surface area (Å²) in [4.78, 5) is 30.0. The van der Waals surface area contributed by atoms with Crippen LogP contribution in [0.15, 0.2) is 48.5 Å². The van der Waals surface area contributed by atoms with Crippen molar-refractivity contribution in [3.05, 3.63) is 70.2 Å². The molecule has 2 aliphatic rings. The van der Waals surface area contributed by atoms with Crippen molar-refractivity contribution >= 4 is 35.3 Å². The second-order valence-electron chi connectivity index (χ2n) is 7.71. The van der Waals surface area contributed by atoms with Crippen LogP contribution in [0.4, 0.5) is 11.9 Å². The number of benzene rings is 2. The van der Waals surface area contributed by atoms with E-state index in [0.29, 0.717) is 11.0 Å². The minimum absolute atomic E-state index is 0.0110. The molecule has 0 aliphatic carbocycles. The lowest BCUT2D eigenvalue weighted by Crippen LogP contribution is -2.30. The van der Waals surface area contributed by atoms with Crippen molar-refractivity contribution in [2.45, 2.75) is 38.3 Å². The van der Waals surface area contributed by atoms with Gasteiger partial charge in [-0.05, 0) is 36.6 Å². The van der Waals surface area contributed by atoms with Gasteiger partial charge in [-0.2, -0.15) is 4.98 Å². The highest BCUT2D eigenvalue weighted by Gasteiger charge is 2.37. The molecule has 30 heavy (non-hydrogen) atoms. The van der Waals surface area contributed by atoms with Crippen molar-refractivity contribution in [2.75, 3.05) is 10.2 Å². The number of fused-ring (bicyclic) bond motifs is 1. The summed E-state index contributed by atoms with van der Waals surface area (Å²) < 4.78 is 1.78. The van der Waals surface area contributed by atoms with Crippen LogP contribution < -0.4 is 10.2 Å². The number of carbonyl (C=O) groups excluding carboxylic acids is 2. The summed E-state index contributed by atoms with van der Waals surface area (Å²) in [6, 6.07) is 15.9. The van der Waals surface area contributed by atoms with E-state index >= 15 is 0 Å². The third kappa shape index (κ3) is 3.25. The maximum Gasteiger partial charge on any atom is 0.260 e. The molecule has 2 amide bonds. The van der Waals surface area contributed by atoms with Gasteiger partial charge in [-0.1, -0.05) is 53.6 Å². The standard InChI is InChI=1S/C22H20ClN5O2/c1-13-2-4-15(5-3-13)18-12-17(14-6-8-16(23)9-7-14)24-21-25-22(26-28(18)21)27-19(29)10-11-20(27)30/h2-9,17-18H,10-12H2,1H3,(H,24,25,26)/t17-,18-/m0/s1. The van der Waals surface area contributed by atoms with Crippen molar-refractivity contribution in [1.82, 2.24) is 14.8 Å². The first-order valence-corrected chi connectivity index (χ1v) is 10.3. The Morgan fingerprint density at radius 3 is 2.27 bits per heavy atom. The van der Waals surface area contributed by atoms with E-state index < -0.39 is 0 Å². The fourth-order valence-corrected chi connectivity index (χ4v) is 4.17. The Bertz CT molecular complexity index is 1110. The maximum absolute atomic E-state index is 12.2. The van der Waals surface area contributed by atoms with E-state index in [0.717, 1.165) is 22.4 Å². The van der Waals surface area contributed by atoms with Crippen LogP contribution in [-0.4, -0.2) is 26.6 Å². The number of anilines is 2. The number of amides is 2. The number of hydrogen-bond acceptors (Lipinski definition) is 5. The highest BCUT2D eigenvalue weighted by Crippen LogP contribution is 2.39. The molecule has 5 rings (SSSR count). The van der Waals surface area contributed by atoms with Gasteiger partial charge in [-0.15, -0.1) is 5.10 Å². The summed E-state index contributed by atoms with van der Waals surface area (Å²) in [6.07, 6.45) is 1.14. The minimum Gasteiger partial charge on any atom is -0.347 e. The van der Waals surface area contributed by atoms with E-state index in [9.17, 15) is 9.59 Å². The van der Waals surface area contributed by atoms with Gasteiger partial charge < -0.3 is 5.32 Å². The van der Waals surface area contributed by atoms with Gasteiger partial charge in [-0.3, -0.25) is 9.59 Å². The minimum atomic E-state index is -0.260. The molecule has 8 heteroatoms. The van der Waals surface area contributed by atoms with Gasteiger partial charge in [0.15, 0.2) is 0 Å². The van der Waals surface area contributed by atoms with Gasteiger partial charge in [-0.25, -0.2) is 9.58 Å². The van der Waals surface area contributed by atoms with Crippen molar-refractivity contribution < 1.29 is 9.59 Å². The largest absolute Gasteiger partial charge is 0.347 e. The molecule has 3 heterocycles. The Kier molecular flexibility index (Phi) is 4.55. The van der Waals surface area contributed by atoms with E-state index in [1.54, 1.807) is 4.68 Å². The predicted octanol–water partition coefficient (Wildman–Crippen LogP) is 4.04. The third-order valence-corrected chi connectivity index (χ3v) is 5.92. The summed E-state index contributed by atoms with van der Waals surface area (Å²) >= 11 is 6.06. The Labute approximate surface area is 178 Å². The number of imide groups is 1. The Hall–Kier alpha value is -3.19. The molecule has 1 fully saturated rings. The zero-order chi connectivity index (χ0) is 20.8. The zero-order valence-electron chi connectivity index (χ0n) is 16.4. The lowest BCUT2D eigenvalue weighted by Gasteiger charge is -2.31. The van der Waals surface area contributed by atoms with Gasteiger partial charge in [0.2, 0.25) is 17.8 Å². The van der Waals surface area contributed by atoms with Crippen LogP contribution in [0.3, 0.4) is 0 Å². The highest BCUT2D eigenvalue weighted by molar-refractivity contribution is 6.30. The van der Waals surface area contributed by atoms with E-state index in [-0.39, 0.29) is 42.7 Å². The molecule has 152 valence electrons. The third-order valence-electron chi connectivity index (χ3n) is 5.66. The molecule has 1 saturated heterocycles. The summed E-state index contributed by atoms with van der Waals surface area (Å²) in [5, 5.41) is 8.66. The predicted molar refractivity (Wildman–Crippen MR) is 113 cm³/mol. The SMILES string of the molecule is Cc1ccc([C@@H]2C[C@@H](c3ccc(Cl)cc3)Nc3nc(N4C(=O)CCC4=O)nn32)cc1. The Balaban J connectivity index is 1.57. The summed E-state index contributed by atoms with van der Waals surface area (Å²) in [7, 11) is 0. The van der Waals surface area contributed by atoms with E-state index in [4.69, 9.17) is 11.6 Å². The topological polar surface area (TPSA) is 80.1 Å². The normalized spacial score (nSPS) is 20.9. The quantitative estimate of drug-likeness (QED) is 0.645. The maximum atomic E-state index is 12.2. The smallest absolute Gasteiger partial charge is 0.260 e. The van der Waals surface area contributed by atoms with Gasteiger partial charge >= 0.3 is 0 Å². The molecule has 2 aromatic carbocycles. The monoisotopic (exact) mass is 421 g/mol. The molecule has 2 atom stereocenters. The van der Waals surface area contributed by atoms with Gasteiger partial charge in [0.1, 0.15) is 0 Å². The summed E-state index contributed by atoms with van der Waals surface area (Å²) in [5.74, 6) is 0.154. The number of rotatable bonds is 3. The molecule has 0 saturated carbocycles. The van der Waals surface area contributed by atoms with Crippen LogP contribution in [0.5, 0.6) is 0 Å². The highest BCUT2D eigenvalue weighted by atomic mass is 35.5. The van der Waals surface area contributed by atoms with Gasteiger partial charge in [0, 0.05) is 17.9 Å². The van der Waals surface area contributed by atoms with Crippen LogP contribution in [0.2, 0.25) is 5.02 Å². The second-order valence-corrected chi connectivity index (χ2v) is 8.15. The fourth-order valence-electron chi connectivity index (χ4n) is 4.04. The summed E-state index contributed by atoms with van der Waals surface area (Å²) in [5.41, 5.74) is 3.35. The fraction of sp³-hybridized carbons (Fsp3) is 0.273. The van der Waals surface area contributed by atoms with Crippen molar-refractivity contribution in [3.63, 3.8) is 0 Å². The molecule has 3 aromatic rings. The summed E-state index contributed by atoms with van der Waals surface area (Å²) in [6.45, 7) is 2.05. The molecule has 1 N–H and O–H groups in total. The van der Waals surface area contributed by atoms with Crippen molar-refractivity contribution in [2.24, 2.45) is 0 Å². The lowest BCUT2D eigenvalue weighted by molar-refractivity contribution is -0.121. The molecule has 2 aliphatic heterocycles. The number of carbonyl (C=O) groups is 2. The van der Waals surface area contributed by atoms with E-state index in [1.165, 1.54) is 5.56 Å². The molecule has 0 bridgehead atoms. The van der Waals surface area contributed by atoms with Gasteiger partial charge in [0.05, 0.1) is 12.1 Å². The molecule has 0 radical (unpaired) electrons. The molecule has 0 unspecified atom stereocenters. The number of halogens is 1. The molecule has 7 nitrogen and oxygen atoms in total. The van der Waals surface area contributed by atoms with Crippen molar-refractivity contribution in [1.29, 1.82) is 0 Å². The Morgan fingerprint density at radius 2 is 1.60 bits per heavy atom. The van der Waals surface area contributed by atoms with Gasteiger partial charge in [0.25, 0.3) is 5.95 Å². The van der Waals surface area contributed by atoms with Crippen LogP contribution in [0.25, 0.3) is 0 Å². The van der Waals surface area contributed by atoms with Crippen LogP contribution in [0.1, 0.15) is 48.0 Å². The number of nitrogens with zero attached hydrogens (tertiary/aromatic N) is 4. The molecule has 1 aromatic heterocycles. The average Bonchev–Trinajstić information content (AvgIpc) is 3.30. The number of aromatic nitrogens is 3. The first kappa shape index (κ1) is 18.8. The Morgan fingerprint density at radius 1 is 0.967 bits per heavy atom. The molecular formula is C22H20ClN5O2. The first-order chi connectivity index (χ1) is 14.5. The average molecular weight is 422 g/mol. The van der Waals surface area contributed by atoms with E-state index in [1.807, 2.05) is 31.2 Å². The van der Waals surface area contributed by atoms with Crippen LogP contribution >= 0.6 is 11.6 Å². The number of hydrogen-bond donors (Lipinski definition) is 1. The number of aryl methyl sites for hydroxylation is 1.